The Balaban J connectivity index is 1.77. The van der Waals surface area contributed by atoms with Crippen molar-refractivity contribution in [2.24, 2.45) is 13.0 Å². The molecule has 1 amide bonds. The Kier molecular flexibility index (Phi) is 4.15. The van der Waals surface area contributed by atoms with Crippen LogP contribution in [-0.4, -0.2) is 21.7 Å². The van der Waals surface area contributed by atoms with E-state index in [2.05, 4.69) is 22.3 Å². The zero-order chi connectivity index (χ0) is 15.5. The molecule has 1 N–H and O–H groups in total. The van der Waals surface area contributed by atoms with Crippen LogP contribution in [0.5, 0.6) is 0 Å². The number of fused-ring (bicyclic) bond motifs is 1. The van der Waals surface area contributed by atoms with Crippen LogP contribution < -0.4 is 5.32 Å². The molecule has 1 saturated carbocycles. The van der Waals surface area contributed by atoms with Gasteiger partial charge < -0.3 is 5.32 Å². The molecule has 0 radical (unpaired) electrons. The molecule has 114 valence electrons. The van der Waals surface area contributed by atoms with Gasteiger partial charge in [0.2, 0.25) is 0 Å². The minimum Gasteiger partial charge on any atom is -0.348 e. The summed E-state index contributed by atoms with van der Waals surface area (Å²) < 4.78 is 1.76. The largest absolute Gasteiger partial charge is 0.348 e. The fourth-order valence-corrected chi connectivity index (χ4v) is 3.29. The van der Waals surface area contributed by atoms with Crippen molar-refractivity contribution in [1.29, 1.82) is 0 Å². The van der Waals surface area contributed by atoms with Crippen molar-refractivity contribution in [3.8, 4) is 11.8 Å². The number of hydrogen-bond acceptors (Lipinski definition) is 2. The molecule has 2 unspecified atom stereocenters. The maximum absolute atomic E-state index is 12.6. The summed E-state index contributed by atoms with van der Waals surface area (Å²) in [4.78, 5) is 12.6. The molecule has 2 atom stereocenters. The zero-order valence-corrected chi connectivity index (χ0v) is 13.1. The number of nitrogens with one attached hydrogen (secondary N) is 1. The van der Waals surface area contributed by atoms with E-state index in [0.29, 0.717) is 11.6 Å². The van der Waals surface area contributed by atoms with Gasteiger partial charge in [-0.15, -0.1) is 11.8 Å². The van der Waals surface area contributed by atoms with E-state index in [9.17, 15) is 4.79 Å². The predicted molar refractivity (Wildman–Crippen MR) is 87.4 cm³/mol. The van der Waals surface area contributed by atoms with E-state index in [1.54, 1.807) is 4.68 Å². The highest BCUT2D eigenvalue weighted by Gasteiger charge is 2.24. The van der Waals surface area contributed by atoms with Crippen LogP contribution >= 0.6 is 0 Å². The van der Waals surface area contributed by atoms with Crippen LogP contribution in [0.3, 0.4) is 0 Å². The second kappa shape index (κ2) is 6.23. The van der Waals surface area contributed by atoms with Crippen molar-refractivity contribution in [2.45, 2.75) is 38.6 Å². The molecule has 1 aliphatic rings. The van der Waals surface area contributed by atoms with Gasteiger partial charge in [0, 0.05) is 24.4 Å². The second-order valence-electron chi connectivity index (χ2n) is 5.92. The van der Waals surface area contributed by atoms with Crippen LogP contribution in [0.4, 0.5) is 0 Å². The Labute approximate surface area is 130 Å². The van der Waals surface area contributed by atoms with E-state index in [1.165, 1.54) is 0 Å². The molecule has 1 fully saturated rings. The molecule has 1 heterocycles. The first kappa shape index (κ1) is 14.6. The van der Waals surface area contributed by atoms with Crippen molar-refractivity contribution in [3.05, 3.63) is 30.0 Å². The van der Waals surface area contributed by atoms with Gasteiger partial charge in [0.1, 0.15) is 0 Å². The summed E-state index contributed by atoms with van der Waals surface area (Å²) >= 11 is 0. The number of carbonyl (C=O) groups is 1. The highest BCUT2D eigenvalue weighted by atomic mass is 16.2. The Hall–Kier alpha value is -2.28. The highest BCUT2D eigenvalue weighted by molar-refractivity contribution is 6.04. The Morgan fingerprint density at radius 1 is 1.36 bits per heavy atom. The molecule has 22 heavy (non-hydrogen) atoms. The maximum atomic E-state index is 12.6. The third-order valence-electron chi connectivity index (χ3n) is 4.33. The van der Waals surface area contributed by atoms with Crippen LogP contribution in [-0.2, 0) is 7.05 Å². The maximum Gasteiger partial charge on any atom is 0.272 e. The summed E-state index contributed by atoms with van der Waals surface area (Å²) in [7, 11) is 1.87. The number of aromatic nitrogens is 2. The molecule has 1 aromatic carbocycles. The Morgan fingerprint density at radius 3 is 3.00 bits per heavy atom. The normalized spacial score (nSPS) is 21.2. The molecular formula is C18H21N3O. The third kappa shape index (κ3) is 2.85. The summed E-state index contributed by atoms with van der Waals surface area (Å²) in [6.07, 6.45) is 4.22. The van der Waals surface area contributed by atoms with Crippen molar-refractivity contribution >= 4 is 16.8 Å². The minimum absolute atomic E-state index is 0.0769. The van der Waals surface area contributed by atoms with Gasteiger partial charge >= 0.3 is 0 Å². The summed E-state index contributed by atoms with van der Waals surface area (Å²) in [6, 6.07) is 8.03. The fraction of sp³-hybridized carbons (Fsp3) is 0.444. The number of benzene rings is 1. The molecule has 1 aromatic heterocycles. The molecule has 0 aliphatic heterocycles. The molecule has 0 saturated heterocycles. The van der Waals surface area contributed by atoms with E-state index in [0.717, 1.165) is 36.6 Å². The molecule has 0 bridgehead atoms. The number of para-hydroxylation sites is 1. The van der Waals surface area contributed by atoms with Crippen molar-refractivity contribution in [2.75, 3.05) is 0 Å². The second-order valence-corrected chi connectivity index (χ2v) is 5.92. The number of carbonyl (C=O) groups excluding carboxylic acids is 1. The molecule has 4 nitrogen and oxygen atoms in total. The first-order chi connectivity index (χ1) is 10.7. The summed E-state index contributed by atoms with van der Waals surface area (Å²) in [5.41, 5.74) is 1.49. The average molecular weight is 295 g/mol. The molecule has 3 rings (SSSR count). The first-order valence-corrected chi connectivity index (χ1v) is 7.84. The predicted octanol–water partition coefficient (Wildman–Crippen LogP) is 2.89. The van der Waals surface area contributed by atoms with E-state index >= 15 is 0 Å². The van der Waals surface area contributed by atoms with Crippen LogP contribution in [0.2, 0.25) is 0 Å². The van der Waals surface area contributed by atoms with Gasteiger partial charge in [0.05, 0.1) is 5.52 Å². The average Bonchev–Trinajstić information content (AvgIpc) is 2.86. The van der Waals surface area contributed by atoms with Gasteiger partial charge in [0.15, 0.2) is 5.69 Å². The lowest BCUT2D eigenvalue weighted by Crippen LogP contribution is -2.38. The summed E-state index contributed by atoms with van der Waals surface area (Å²) in [5, 5.41) is 8.44. The van der Waals surface area contributed by atoms with Gasteiger partial charge in [-0.05, 0) is 32.3 Å². The third-order valence-corrected chi connectivity index (χ3v) is 4.33. The number of amides is 1. The summed E-state index contributed by atoms with van der Waals surface area (Å²) in [5.74, 6) is 6.56. The molecule has 2 aromatic rings. The van der Waals surface area contributed by atoms with Gasteiger partial charge in [-0.25, -0.2) is 0 Å². The minimum atomic E-state index is -0.0769. The van der Waals surface area contributed by atoms with Crippen LogP contribution in [0.25, 0.3) is 10.9 Å². The van der Waals surface area contributed by atoms with E-state index in [1.807, 2.05) is 38.2 Å². The smallest absolute Gasteiger partial charge is 0.272 e. The van der Waals surface area contributed by atoms with E-state index in [-0.39, 0.29) is 11.9 Å². The topological polar surface area (TPSA) is 46.9 Å². The number of aryl methyl sites for hydroxylation is 1. The fourth-order valence-electron chi connectivity index (χ4n) is 3.29. The first-order valence-electron chi connectivity index (χ1n) is 7.84. The monoisotopic (exact) mass is 295 g/mol. The quantitative estimate of drug-likeness (QED) is 0.866. The van der Waals surface area contributed by atoms with Gasteiger partial charge in [-0.2, -0.15) is 5.10 Å². The Bertz CT molecular complexity index is 751. The van der Waals surface area contributed by atoms with Crippen molar-refractivity contribution in [3.63, 3.8) is 0 Å². The number of hydrogen-bond donors (Lipinski definition) is 1. The molecule has 4 heteroatoms. The van der Waals surface area contributed by atoms with Crippen molar-refractivity contribution < 1.29 is 4.79 Å². The standard InChI is InChI=1S/C18H21N3O/c1-3-7-13-8-6-9-14(12-13)19-18(22)17-15-10-4-5-11-16(15)21(2)20-17/h4-5,10-11,13-14H,6,8-9,12H2,1-2H3,(H,19,22). The van der Waals surface area contributed by atoms with E-state index in [4.69, 9.17) is 0 Å². The zero-order valence-electron chi connectivity index (χ0n) is 13.1. The van der Waals surface area contributed by atoms with E-state index < -0.39 is 0 Å². The SMILES string of the molecule is CC#CC1CCCC(NC(=O)c2nn(C)c3ccccc23)C1. The molecular weight excluding hydrogens is 274 g/mol. The summed E-state index contributed by atoms with van der Waals surface area (Å²) in [6.45, 7) is 1.88. The van der Waals surface area contributed by atoms with Gasteiger partial charge in [0.25, 0.3) is 5.91 Å². The lowest BCUT2D eigenvalue weighted by atomic mass is 9.86. The Morgan fingerprint density at radius 2 is 2.18 bits per heavy atom. The van der Waals surface area contributed by atoms with Crippen LogP contribution in [0.15, 0.2) is 24.3 Å². The highest BCUT2D eigenvalue weighted by Crippen LogP contribution is 2.24. The molecule has 1 aliphatic carbocycles. The molecule has 0 spiro atoms. The number of rotatable bonds is 2. The van der Waals surface area contributed by atoms with Crippen LogP contribution in [0, 0.1) is 17.8 Å². The number of nitrogens with zero attached hydrogens (tertiary/aromatic N) is 2. The van der Waals surface area contributed by atoms with Gasteiger partial charge in [-0.1, -0.05) is 24.6 Å². The lowest BCUT2D eigenvalue weighted by Gasteiger charge is -2.26. The van der Waals surface area contributed by atoms with Crippen LogP contribution in [0.1, 0.15) is 43.1 Å². The van der Waals surface area contributed by atoms with Gasteiger partial charge in [-0.3, -0.25) is 9.48 Å². The van der Waals surface area contributed by atoms with Crippen molar-refractivity contribution in [1.82, 2.24) is 15.1 Å². The lowest BCUT2D eigenvalue weighted by molar-refractivity contribution is 0.0919.